The van der Waals surface area contributed by atoms with E-state index < -0.39 is 12.0 Å². The molecule has 0 bridgehead atoms. The average Bonchev–Trinajstić information content (AvgIpc) is 2.44. The van der Waals surface area contributed by atoms with Gasteiger partial charge in [0.15, 0.2) is 0 Å². The molecule has 1 heterocycles. The van der Waals surface area contributed by atoms with Gasteiger partial charge in [-0.1, -0.05) is 6.42 Å². The van der Waals surface area contributed by atoms with Crippen LogP contribution in [0, 0.1) is 5.92 Å². The van der Waals surface area contributed by atoms with E-state index in [0.717, 1.165) is 6.54 Å². The number of carbonyl (C=O) groups is 3. The molecule has 1 saturated carbocycles. The number of nitrogens with zero attached hydrogens (tertiary/aromatic N) is 1. The Morgan fingerprint density at radius 2 is 2.13 bits per heavy atom. The lowest BCUT2D eigenvalue weighted by Gasteiger charge is -2.37. The minimum absolute atomic E-state index is 0. The fraction of sp³-hybridized carbons (Fsp3) is 0.800. The molecule has 2 rings (SSSR count). The van der Waals surface area contributed by atoms with Gasteiger partial charge in [0.05, 0.1) is 19.1 Å². The van der Waals surface area contributed by atoms with E-state index in [1.54, 1.807) is 6.92 Å². The smallest absolute Gasteiger partial charge is 0.325 e. The summed E-state index contributed by atoms with van der Waals surface area (Å²) in [6, 6.07) is -0.490. The topological polar surface area (TPSA) is 87.7 Å². The lowest BCUT2D eigenvalue weighted by Crippen LogP contribution is -2.57. The summed E-state index contributed by atoms with van der Waals surface area (Å²) >= 11 is 0. The van der Waals surface area contributed by atoms with E-state index in [1.807, 2.05) is 4.90 Å². The van der Waals surface area contributed by atoms with Crippen LogP contribution in [-0.2, 0) is 19.1 Å². The largest absolute Gasteiger partial charge is 0.465 e. The van der Waals surface area contributed by atoms with Gasteiger partial charge >= 0.3 is 5.97 Å². The predicted molar refractivity (Wildman–Crippen MR) is 87.2 cm³/mol. The van der Waals surface area contributed by atoms with Gasteiger partial charge in [-0.15, -0.1) is 12.4 Å². The molecular weight excluding hydrogens is 322 g/mol. The fourth-order valence-electron chi connectivity index (χ4n) is 2.76. The zero-order valence-corrected chi connectivity index (χ0v) is 14.3. The van der Waals surface area contributed by atoms with Gasteiger partial charge in [0.25, 0.3) is 0 Å². The van der Waals surface area contributed by atoms with Crippen LogP contribution < -0.4 is 10.6 Å². The van der Waals surface area contributed by atoms with Crippen molar-refractivity contribution in [1.29, 1.82) is 0 Å². The number of halogens is 1. The van der Waals surface area contributed by atoms with Gasteiger partial charge in [0.1, 0.15) is 6.54 Å². The zero-order valence-electron chi connectivity index (χ0n) is 13.5. The predicted octanol–water partition coefficient (Wildman–Crippen LogP) is 0.0781. The molecule has 132 valence electrons. The van der Waals surface area contributed by atoms with Gasteiger partial charge in [-0.2, -0.15) is 0 Å². The first-order valence-electron chi connectivity index (χ1n) is 8.04. The number of amides is 2. The molecule has 2 aliphatic rings. The summed E-state index contributed by atoms with van der Waals surface area (Å²) in [5.74, 6) is -0.167. The van der Waals surface area contributed by atoms with Gasteiger partial charge in [-0.05, 0) is 25.7 Å². The van der Waals surface area contributed by atoms with Gasteiger partial charge in [0.2, 0.25) is 11.8 Å². The maximum Gasteiger partial charge on any atom is 0.325 e. The van der Waals surface area contributed by atoms with Crippen molar-refractivity contribution in [2.24, 2.45) is 5.92 Å². The number of esters is 1. The third-order valence-electron chi connectivity index (χ3n) is 4.21. The molecule has 1 aliphatic heterocycles. The molecule has 8 heteroatoms. The Labute approximate surface area is 142 Å². The molecule has 23 heavy (non-hydrogen) atoms. The summed E-state index contributed by atoms with van der Waals surface area (Å²) in [5, 5.41) is 5.57. The van der Waals surface area contributed by atoms with Crippen molar-refractivity contribution in [3.05, 3.63) is 0 Å². The van der Waals surface area contributed by atoms with Crippen molar-refractivity contribution < 1.29 is 19.1 Å². The zero-order chi connectivity index (χ0) is 15.9. The van der Waals surface area contributed by atoms with E-state index in [2.05, 4.69) is 10.6 Å². The lowest BCUT2D eigenvalue weighted by molar-refractivity contribution is -0.143. The van der Waals surface area contributed by atoms with Crippen molar-refractivity contribution in [1.82, 2.24) is 15.5 Å². The van der Waals surface area contributed by atoms with E-state index >= 15 is 0 Å². The van der Waals surface area contributed by atoms with Crippen LogP contribution in [0.3, 0.4) is 0 Å². The SMILES string of the molecule is CCOC(=O)CNC(=O)CC1NCCN(CC2CCC2)C1=O.Cl. The average molecular weight is 348 g/mol. The van der Waals surface area contributed by atoms with Crippen LogP contribution in [0.4, 0.5) is 0 Å². The van der Waals surface area contributed by atoms with Crippen LogP contribution >= 0.6 is 12.4 Å². The Kier molecular flexibility index (Phi) is 8.33. The molecule has 0 radical (unpaired) electrons. The minimum atomic E-state index is -0.490. The van der Waals surface area contributed by atoms with Crippen molar-refractivity contribution in [3.8, 4) is 0 Å². The molecule has 1 atom stereocenters. The Bertz CT molecular complexity index is 429. The Morgan fingerprint density at radius 3 is 2.74 bits per heavy atom. The molecule has 7 nitrogen and oxygen atoms in total. The molecule has 0 aromatic heterocycles. The number of piperazine rings is 1. The first-order valence-corrected chi connectivity index (χ1v) is 8.04. The Hall–Kier alpha value is -1.34. The van der Waals surface area contributed by atoms with Gasteiger partial charge in [0, 0.05) is 19.6 Å². The maximum atomic E-state index is 12.4. The number of ether oxygens (including phenoxy) is 1. The van der Waals surface area contributed by atoms with Crippen LogP contribution in [0.5, 0.6) is 0 Å². The number of hydrogen-bond acceptors (Lipinski definition) is 5. The first kappa shape index (κ1) is 19.7. The quantitative estimate of drug-likeness (QED) is 0.637. The second kappa shape index (κ2) is 9.72. The first-order chi connectivity index (χ1) is 10.6. The van der Waals surface area contributed by atoms with E-state index in [4.69, 9.17) is 4.74 Å². The molecule has 2 fully saturated rings. The van der Waals surface area contributed by atoms with E-state index in [9.17, 15) is 14.4 Å². The van der Waals surface area contributed by atoms with Crippen molar-refractivity contribution >= 4 is 30.2 Å². The number of carbonyl (C=O) groups excluding carboxylic acids is 3. The van der Waals surface area contributed by atoms with Gasteiger partial charge < -0.3 is 20.3 Å². The molecule has 0 spiro atoms. The van der Waals surface area contributed by atoms with Gasteiger partial charge in [-0.3, -0.25) is 14.4 Å². The lowest BCUT2D eigenvalue weighted by atomic mass is 9.85. The Balaban J connectivity index is 0.00000264. The molecule has 1 saturated heterocycles. The summed E-state index contributed by atoms with van der Waals surface area (Å²) in [6.07, 6.45) is 3.70. The molecule has 1 unspecified atom stereocenters. The molecule has 2 amide bonds. The standard InChI is InChI=1S/C15H25N3O4.ClH/c1-2-22-14(20)9-17-13(19)8-12-15(21)18(7-6-16-12)10-11-4-3-5-11;/h11-12,16H,2-10H2,1H3,(H,17,19);1H. The third-order valence-corrected chi connectivity index (χ3v) is 4.21. The molecule has 0 aromatic carbocycles. The van der Waals surface area contributed by atoms with Gasteiger partial charge in [-0.25, -0.2) is 0 Å². The summed E-state index contributed by atoms with van der Waals surface area (Å²) in [5.41, 5.74) is 0. The van der Waals surface area contributed by atoms with Crippen LogP contribution in [0.1, 0.15) is 32.6 Å². The number of rotatable bonds is 7. The monoisotopic (exact) mass is 347 g/mol. The van der Waals surface area contributed by atoms with Crippen molar-refractivity contribution in [3.63, 3.8) is 0 Å². The third kappa shape index (κ3) is 5.99. The molecular formula is C15H26ClN3O4. The summed E-state index contributed by atoms with van der Waals surface area (Å²) in [7, 11) is 0. The van der Waals surface area contributed by atoms with Crippen molar-refractivity contribution in [2.45, 2.75) is 38.6 Å². The fourth-order valence-corrected chi connectivity index (χ4v) is 2.76. The summed E-state index contributed by atoms with van der Waals surface area (Å²) in [4.78, 5) is 37.3. The van der Waals surface area contributed by atoms with E-state index in [-0.39, 0.29) is 43.8 Å². The van der Waals surface area contributed by atoms with E-state index in [1.165, 1.54) is 19.3 Å². The number of nitrogens with one attached hydrogen (secondary N) is 2. The highest BCUT2D eigenvalue weighted by molar-refractivity contribution is 5.90. The Morgan fingerprint density at radius 1 is 1.39 bits per heavy atom. The second-order valence-corrected chi connectivity index (χ2v) is 5.87. The normalized spacial score (nSPS) is 21.2. The molecule has 0 aromatic rings. The van der Waals surface area contributed by atoms with Crippen LogP contribution in [0.25, 0.3) is 0 Å². The number of hydrogen-bond donors (Lipinski definition) is 2. The minimum Gasteiger partial charge on any atom is -0.465 e. The highest BCUT2D eigenvalue weighted by Crippen LogP contribution is 2.27. The van der Waals surface area contributed by atoms with Crippen molar-refractivity contribution in [2.75, 3.05) is 32.8 Å². The maximum absolute atomic E-state index is 12.4. The highest BCUT2D eigenvalue weighted by Gasteiger charge is 2.32. The molecule has 2 N–H and O–H groups in total. The summed E-state index contributed by atoms with van der Waals surface area (Å²) < 4.78 is 4.74. The second-order valence-electron chi connectivity index (χ2n) is 5.87. The molecule has 1 aliphatic carbocycles. The van der Waals surface area contributed by atoms with Crippen LogP contribution in [0.15, 0.2) is 0 Å². The van der Waals surface area contributed by atoms with Crippen LogP contribution in [0.2, 0.25) is 0 Å². The van der Waals surface area contributed by atoms with E-state index in [0.29, 0.717) is 19.0 Å². The van der Waals surface area contributed by atoms with Crippen LogP contribution in [-0.4, -0.2) is 61.5 Å². The highest BCUT2D eigenvalue weighted by atomic mass is 35.5. The summed E-state index contributed by atoms with van der Waals surface area (Å²) in [6.45, 7) is 4.06.